The standard InChI is InChI=1S/C21H29N5O2S.HI/c1-17-5-4-14-26(16-17)29(27,28)20-9-7-18(8-10-20)15-25-21(22)24-13-11-19-6-2-3-12-23-19;/h2-3,6-10,12,17H,4-5,11,13-16H2,1H3,(H3,22,24,25);1H. The Morgan fingerprint density at radius 2 is 2.03 bits per heavy atom. The normalized spacial score (nSPS) is 17.9. The van der Waals surface area contributed by atoms with Gasteiger partial charge < -0.3 is 11.1 Å². The summed E-state index contributed by atoms with van der Waals surface area (Å²) in [6.45, 7) is 4.33. The van der Waals surface area contributed by atoms with Gasteiger partial charge in [-0.15, -0.1) is 24.0 Å². The fraction of sp³-hybridized carbons (Fsp3) is 0.429. The number of piperidine rings is 1. The lowest BCUT2D eigenvalue weighted by molar-refractivity contribution is 0.281. The molecule has 164 valence electrons. The smallest absolute Gasteiger partial charge is 0.243 e. The summed E-state index contributed by atoms with van der Waals surface area (Å²) in [6, 6.07) is 12.7. The molecule has 0 spiro atoms. The lowest BCUT2D eigenvalue weighted by Gasteiger charge is -2.30. The molecule has 0 radical (unpaired) electrons. The minimum absolute atomic E-state index is 0. The van der Waals surface area contributed by atoms with Crippen LogP contribution in [-0.2, 0) is 23.0 Å². The molecule has 7 nitrogen and oxygen atoms in total. The van der Waals surface area contributed by atoms with Crippen LogP contribution < -0.4 is 11.1 Å². The van der Waals surface area contributed by atoms with Crippen molar-refractivity contribution >= 4 is 40.0 Å². The number of aliphatic imine (C=N–C) groups is 1. The molecule has 1 atom stereocenters. The van der Waals surface area contributed by atoms with Crippen LogP contribution in [0.3, 0.4) is 0 Å². The lowest BCUT2D eigenvalue weighted by Crippen LogP contribution is -2.39. The van der Waals surface area contributed by atoms with Gasteiger partial charge in [0, 0.05) is 37.9 Å². The van der Waals surface area contributed by atoms with E-state index in [0.717, 1.165) is 30.5 Å². The van der Waals surface area contributed by atoms with Gasteiger partial charge in [-0.3, -0.25) is 4.98 Å². The minimum Gasteiger partial charge on any atom is -0.370 e. The lowest BCUT2D eigenvalue weighted by atomic mass is 10.0. The quantitative estimate of drug-likeness (QED) is 0.318. The number of hydrogen-bond donors (Lipinski definition) is 2. The van der Waals surface area contributed by atoms with Crippen LogP contribution in [0.5, 0.6) is 0 Å². The Labute approximate surface area is 196 Å². The van der Waals surface area contributed by atoms with Gasteiger partial charge in [-0.05, 0) is 48.6 Å². The summed E-state index contributed by atoms with van der Waals surface area (Å²) in [6.07, 6.45) is 4.53. The topological polar surface area (TPSA) is 101 Å². The third-order valence-corrected chi connectivity index (χ3v) is 6.91. The van der Waals surface area contributed by atoms with Gasteiger partial charge in [0.05, 0.1) is 11.4 Å². The molecule has 3 rings (SSSR count). The number of nitrogens with one attached hydrogen (secondary N) is 1. The van der Waals surface area contributed by atoms with Crippen molar-refractivity contribution in [3.63, 3.8) is 0 Å². The number of hydrogen-bond acceptors (Lipinski definition) is 4. The third-order valence-electron chi connectivity index (χ3n) is 5.03. The molecule has 1 aliphatic rings. The SMILES string of the molecule is CC1CCCN(S(=O)(=O)c2ccc(CN=C(N)NCCc3ccccn3)cc2)C1.I. The van der Waals surface area contributed by atoms with E-state index < -0.39 is 10.0 Å². The van der Waals surface area contributed by atoms with E-state index >= 15 is 0 Å². The highest BCUT2D eigenvalue weighted by atomic mass is 127. The van der Waals surface area contributed by atoms with Gasteiger partial charge in [-0.25, -0.2) is 13.4 Å². The van der Waals surface area contributed by atoms with Gasteiger partial charge in [0.15, 0.2) is 5.96 Å². The summed E-state index contributed by atoms with van der Waals surface area (Å²) < 4.78 is 27.2. The molecule has 1 aromatic heterocycles. The first-order chi connectivity index (χ1) is 13.9. The van der Waals surface area contributed by atoms with E-state index in [1.807, 2.05) is 18.2 Å². The second kappa shape index (κ2) is 11.6. The maximum atomic E-state index is 12.8. The number of guanidine groups is 1. The summed E-state index contributed by atoms with van der Waals surface area (Å²) in [4.78, 5) is 8.92. The molecule has 3 N–H and O–H groups in total. The maximum Gasteiger partial charge on any atom is 0.243 e. The van der Waals surface area contributed by atoms with Crippen LogP contribution in [0.2, 0.25) is 0 Å². The van der Waals surface area contributed by atoms with Gasteiger partial charge >= 0.3 is 0 Å². The largest absolute Gasteiger partial charge is 0.370 e. The Balaban J connectivity index is 0.00000320. The number of nitrogens with two attached hydrogens (primary N) is 1. The molecule has 0 aliphatic carbocycles. The van der Waals surface area contributed by atoms with Crippen LogP contribution in [0.25, 0.3) is 0 Å². The number of sulfonamides is 1. The van der Waals surface area contributed by atoms with Crippen LogP contribution in [0.15, 0.2) is 58.5 Å². The average Bonchev–Trinajstić information content (AvgIpc) is 2.73. The number of benzene rings is 1. The van der Waals surface area contributed by atoms with Gasteiger partial charge in [0.25, 0.3) is 0 Å². The Kier molecular flexibility index (Phi) is 9.50. The van der Waals surface area contributed by atoms with Crippen molar-refractivity contribution in [2.75, 3.05) is 19.6 Å². The van der Waals surface area contributed by atoms with Gasteiger partial charge in [0.2, 0.25) is 10.0 Å². The second-order valence-electron chi connectivity index (χ2n) is 7.45. The molecule has 1 aliphatic heterocycles. The highest BCUT2D eigenvalue weighted by Gasteiger charge is 2.28. The molecule has 0 amide bonds. The van der Waals surface area contributed by atoms with E-state index in [1.165, 1.54) is 0 Å². The molecule has 0 saturated carbocycles. The predicted octanol–water partition coefficient (Wildman–Crippen LogP) is 2.77. The van der Waals surface area contributed by atoms with Crippen molar-refractivity contribution in [1.82, 2.24) is 14.6 Å². The zero-order chi connectivity index (χ0) is 20.7. The van der Waals surface area contributed by atoms with Crippen molar-refractivity contribution in [1.29, 1.82) is 0 Å². The molecule has 1 fully saturated rings. The number of pyridine rings is 1. The van der Waals surface area contributed by atoms with E-state index in [0.29, 0.717) is 43.0 Å². The van der Waals surface area contributed by atoms with Gasteiger partial charge in [0.1, 0.15) is 0 Å². The Morgan fingerprint density at radius 3 is 2.70 bits per heavy atom. The molecule has 2 heterocycles. The first-order valence-corrected chi connectivity index (χ1v) is 11.4. The number of nitrogens with zero attached hydrogens (tertiary/aromatic N) is 3. The molecule has 1 aromatic carbocycles. The zero-order valence-corrected chi connectivity index (χ0v) is 20.3. The van der Waals surface area contributed by atoms with E-state index in [4.69, 9.17) is 5.73 Å². The Hall–Kier alpha value is -1.72. The summed E-state index contributed by atoms with van der Waals surface area (Å²) in [5, 5.41) is 3.07. The summed E-state index contributed by atoms with van der Waals surface area (Å²) in [7, 11) is -3.43. The van der Waals surface area contributed by atoms with E-state index in [9.17, 15) is 8.42 Å². The van der Waals surface area contributed by atoms with Crippen LogP contribution in [0, 0.1) is 5.92 Å². The molecular formula is C21H30IN5O2S. The molecule has 1 unspecified atom stereocenters. The number of halogens is 1. The van der Waals surface area contributed by atoms with E-state index in [2.05, 4.69) is 22.2 Å². The second-order valence-corrected chi connectivity index (χ2v) is 9.39. The van der Waals surface area contributed by atoms with Crippen molar-refractivity contribution in [2.24, 2.45) is 16.6 Å². The summed E-state index contributed by atoms with van der Waals surface area (Å²) >= 11 is 0. The van der Waals surface area contributed by atoms with Crippen LogP contribution in [-0.4, -0.2) is 43.3 Å². The van der Waals surface area contributed by atoms with Crippen LogP contribution >= 0.6 is 24.0 Å². The van der Waals surface area contributed by atoms with Crippen molar-refractivity contribution in [3.05, 3.63) is 59.9 Å². The van der Waals surface area contributed by atoms with Crippen molar-refractivity contribution in [3.8, 4) is 0 Å². The fourth-order valence-electron chi connectivity index (χ4n) is 3.38. The molecule has 2 aromatic rings. The number of aromatic nitrogens is 1. The average molecular weight is 543 g/mol. The molecule has 0 bridgehead atoms. The maximum absolute atomic E-state index is 12.8. The van der Waals surface area contributed by atoms with Gasteiger partial charge in [-0.1, -0.05) is 25.1 Å². The Bertz CT molecular complexity index is 920. The van der Waals surface area contributed by atoms with Gasteiger partial charge in [-0.2, -0.15) is 4.31 Å². The molecular weight excluding hydrogens is 513 g/mol. The number of rotatable bonds is 7. The predicted molar refractivity (Wildman–Crippen MR) is 130 cm³/mol. The minimum atomic E-state index is -3.43. The van der Waals surface area contributed by atoms with E-state index in [-0.39, 0.29) is 24.0 Å². The first kappa shape index (κ1) is 24.5. The summed E-state index contributed by atoms with van der Waals surface area (Å²) in [5.41, 5.74) is 7.81. The van der Waals surface area contributed by atoms with E-state index in [1.54, 1.807) is 34.8 Å². The highest BCUT2D eigenvalue weighted by Crippen LogP contribution is 2.23. The zero-order valence-electron chi connectivity index (χ0n) is 17.2. The Morgan fingerprint density at radius 1 is 1.27 bits per heavy atom. The third kappa shape index (κ3) is 6.92. The monoisotopic (exact) mass is 543 g/mol. The first-order valence-electron chi connectivity index (χ1n) is 9.98. The van der Waals surface area contributed by atoms with Crippen molar-refractivity contribution in [2.45, 2.75) is 37.6 Å². The molecule has 1 saturated heterocycles. The fourth-order valence-corrected chi connectivity index (χ4v) is 4.98. The van der Waals surface area contributed by atoms with Crippen LogP contribution in [0.1, 0.15) is 31.0 Å². The molecule has 9 heteroatoms. The summed E-state index contributed by atoms with van der Waals surface area (Å²) in [5.74, 6) is 0.764. The highest BCUT2D eigenvalue weighted by molar-refractivity contribution is 14.0. The molecule has 30 heavy (non-hydrogen) atoms. The van der Waals surface area contributed by atoms with Crippen LogP contribution in [0.4, 0.5) is 0 Å². The van der Waals surface area contributed by atoms with Crippen molar-refractivity contribution < 1.29 is 8.42 Å².